The Bertz CT molecular complexity index is 1620. The van der Waals surface area contributed by atoms with Crippen LogP contribution in [0.15, 0.2) is 24.5 Å². The molecule has 5 heterocycles. The zero-order valence-electron chi connectivity index (χ0n) is 22.8. The van der Waals surface area contributed by atoms with Gasteiger partial charge in [0.25, 0.3) is 0 Å². The number of piperazine rings is 1. The molecule has 6 rings (SSSR count). The number of anilines is 1. The van der Waals surface area contributed by atoms with Gasteiger partial charge in [0.1, 0.15) is 29.2 Å². The Balaban J connectivity index is 1.43. The molecule has 1 aromatic carbocycles. The van der Waals surface area contributed by atoms with Gasteiger partial charge in [0.15, 0.2) is 12.1 Å². The lowest BCUT2D eigenvalue weighted by molar-refractivity contribution is -0.109. The molecule has 11 nitrogen and oxygen atoms in total. The Labute approximate surface area is 229 Å². The number of rotatable bonds is 5. The molecule has 40 heavy (non-hydrogen) atoms. The molecule has 12 heteroatoms. The zero-order valence-corrected chi connectivity index (χ0v) is 22.8. The Kier molecular flexibility index (Phi) is 6.27. The van der Waals surface area contributed by atoms with Crippen molar-refractivity contribution < 1.29 is 23.5 Å². The molecule has 3 aromatic heterocycles. The van der Waals surface area contributed by atoms with Crippen molar-refractivity contribution in [3.63, 3.8) is 0 Å². The number of aromatic amines is 1. The Morgan fingerprint density at radius 3 is 2.60 bits per heavy atom. The average Bonchev–Trinajstić information content (AvgIpc) is 3.48. The number of amides is 1. The van der Waals surface area contributed by atoms with Crippen LogP contribution in [0.1, 0.15) is 39.2 Å². The van der Waals surface area contributed by atoms with Gasteiger partial charge in [-0.1, -0.05) is 6.07 Å². The number of carbonyl (C=O) groups is 2. The van der Waals surface area contributed by atoms with E-state index in [0.29, 0.717) is 36.1 Å². The van der Waals surface area contributed by atoms with E-state index in [1.165, 1.54) is 0 Å². The number of benzene rings is 1. The summed E-state index contributed by atoms with van der Waals surface area (Å²) < 4.78 is 27.4. The minimum absolute atomic E-state index is 0.0396. The molecule has 4 aromatic rings. The first-order chi connectivity index (χ1) is 19.1. The lowest BCUT2D eigenvalue weighted by Gasteiger charge is -2.42. The minimum atomic E-state index is -0.621. The van der Waals surface area contributed by atoms with Crippen molar-refractivity contribution in [2.45, 2.75) is 58.2 Å². The second-order valence-electron chi connectivity index (χ2n) is 11.3. The molecule has 1 amide bonds. The number of ether oxygens (including phenoxy) is 2. The van der Waals surface area contributed by atoms with Crippen molar-refractivity contribution in [1.82, 2.24) is 30.0 Å². The van der Waals surface area contributed by atoms with E-state index in [9.17, 15) is 9.59 Å². The van der Waals surface area contributed by atoms with Crippen LogP contribution in [0.2, 0.25) is 0 Å². The Hall–Kier alpha value is -4.35. The topological polar surface area (TPSA) is 126 Å². The highest BCUT2D eigenvalue weighted by molar-refractivity contribution is 5.98. The summed E-state index contributed by atoms with van der Waals surface area (Å²) in [4.78, 5) is 41.3. The predicted octanol–water partition coefficient (Wildman–Crippen LogP) is 4.18. The first-order valence-electron chi connectivity index (χ1n) is 13.3. The molecule has 2 unspecified atom stereocenters. The third kappa shape index (κ3) is 4.46. The van der Waals surface area contributed by atoms with E-state index in [1.54, 1.807) is 12.4 Å². The van der Waals surface area contributed by atoms with Gasteiger partial charge in [-0.3, -0.25) is 19.8 Å². The number of hydrogen-bond acceptors (Lipinski definition) is 9. The van der Waals surface area contributed by atoms with Crippen LogP contribution >= 0.6 is 0 Å². The van der Waals surface area contributed by atoms with Gasteiger partial charge in [-0.05, 0) is 52.2 Å². The van der Waals surface area contributed by atoms with E-state index in [0.717, 1.165) is 29.3 Å². The van der Waals surface area contributed by atoms with Gasteiger partial charge in [0, 0.05) is 30.2 Å². The fraction of sp³-hybridized carbons (Fsp3) is 0.429. The third-order valence-electron chi connectivity index (χ3n) is 7.38. The number of aryl methyl sites for hydroxylation is 1. The first kappa shape index (κ1) is 25.9. The highest BCUT2D eigenvalue weighted by Crippen LogP contribution is 2.39. The van der Waals surface area contributed by atoms with Crippen LogP contribution in [0.25, 0.3) is 33.1 Å². The molecule has 0 radical (unpaired) electrons. The summed E-state index contributed by atoms with van der Waals surface area (Å²) in [5.41, 5.74) is 1.79. The van der Waals surface area contributed by atoms with Crippen molar-refractivity contribution in [2.75, 3.05) is 24.6 Å². The quantitative estimate of drug-likeness (QED) is 0.366. The molecule has 0 spiro atoms. The molecule has 1 N–H and O–H groups in total. The summed E-state index contributed by atoms with van der Waals surface area (Å²) in [6.07, 6.45) is 5.12. The van der Waals surface area contributed by atoms with E-state index in [4.69, 9.17) is 9.47 Å². The van der Waals surface area contributed by atoms with Crippen molar-refractivity contribution in [1.29, 1.82) is 0 Å². The number of carbonyl (C=O) groups excluding carboxylic acids is 2. The number of hydrogen-bond donors (Lipinski definition) is 1. The van der Waals surface area contributed by atoms with E-state index < -0.39 is 11.4 Å². The van der Waals surface area contributed by atoms with Crippen LogP contribution in [0.4, 0.5) is 15.0 Å². The smallest absolute Gasteiger partial charge is 0.410 e. The van der Waals surface area contributed by atoms with E-state index in [2.05, 4.69) is 25.1 Å². The van der Waals surface area contributed by atoms with Crippen LogP contribution in [0, 0.1) is 12.7 Å². The monoisotopic (exact) mass is 547 g/mol. The molecule has 2 fully saturated rings. The molecule has 2 atom stereocenters. The largest absolute Gasteiger partial charge is 0.456 e. The van der Waals surface area contributed by atoms with E-state index in [-0.39, 0.29) is 42.0 Å². The van der Waals surface area contributed by atoms with Gasteiger partial charge in [0.2, 0.25) is 0 Å². The second kappa shape index (κ2) is 9.68. The van der Waals surface area contributed by atoms with Crippen molar-refractivity contribution in [3.8, 4) is 17.3 Å². The Morgan fingerprint density at radius 1 is 1.15 bits per heavy atom. The van der Waals surface area contributed by atoms with Crippen LogP contribution in [0.3, 0.4) is 0 Å². The number of nitrogens with zero attached hydrogens (tertiary/aromatic N) is 6. The second-order valence-corrected chi connectivity index (χ2v) is 11.3. The lowest BCUT2D eigenvalue weighted by Crippen LogP contribution is -2.57. The Morgan fingerprint density at radius 2 is 1.90 bits per heavy atom. The standard InChI is InChI=1S/C28H30FN7O4/c1-15-5-8-20-18(12-31-34-20)21(15)24-22(29)23-19(11-30-24)25(33-26(32-23)39-10-9-37)35-13-16-6-7-17(14-35)36(16)27(38)40-28(2,3)4/h5,8-9,11-12,16-17H,6-7,10,13-14H2,1-4H3,(H,31,34). The summed E-state index contributed by atoms with van der Waals surface area (Å²) in [5, 5.41) is 8.18. The van der Waals surface area contributed by atoms with Crippen molar-refractivity contribution in [2.24, 2.45) is 0 Å². The first-order valence-corrected chi connectivity index (χ1v) is 13.3. The van der Waals surface area contributed by atoms with E-state index in [1.807, 2.05) is 49.6 Å². The van der Waals surface area contributed by atoms with Crippen LogP contribution < -0.4 is 9.64 Å². The van der Waals surface area contributed by atoms with Crippen molar-refractivity contribution in [3.05, 3.63) is 35.9 Å². The number of nitrogens with one attached hydrogen (secondary N) is 1. The maximum atomic E-state index is 16.3. The van der Waals surface area contributed by atoms with Crippen molar-refractivity contribution >= 4 is 40.0 Å². The summed E-state index contributed by atoms with van der Waals surface area (Å²) >= 11 is 0. The molecular formula is C28H30FN7O4. The van der Waals surface area contributed by atoms with Crippen LogP contribution in [0.5, 0.6) is 6.01 Å². The number of H-pyrrole nitrogens is 1. The highest BCUT2D eigenvalue weighted by atomic mass is 19.1. The minimum Gasteiger partial charge on any atom is -0.456 e. The van der Waals surface area contributed by atoms with Gasteiger partial charge in [0.05, 0.1) is 29.2 Å². The maximum absolute atomic E-state index is 16.3. The molecule has 2 bridgehead atoms. The molecular weight excluding hydrogens is 517 g/mol. The summed E-state index contributed by atoms with van der Waals surface area (Å²) in [7, 11) is 0. The van der Waals surface area contributed by atoms with Gasteiger partial charge >= 0.3 is 12.1 Å². The van der Waals surface area contributed by atoms with Gasteiger partial charge in [-0.25, -0.2) is 9.18 Å². The molecule has 2 aliphatic rings. The molecule has 2 saturated heterocycles. The van der Waals surface area contributed by atoms with Crippen LogP contribution in [-0.4, -0.2) is 79.8 Å². The number of fused-ring (bicyclic) bond motifs is 4. The molecule has 208 valence electrons. The lowest BCUT2D eigenvalue weighted by atomic mass is 10.00. The SMILES string of the molecule is Cc1ccc2[nH]ncc2c1-c1ncc2c(N3CC4CCC(C3)N4C(=O)OC(C)(C)C)nc(OCC=O)nc2c1F. The third-order valence-corrected chi connectivity index (χ3v) is 7.38. The van der Waals surface area contributed by atoms with E-state index >= 15 is 4.39 Å². The summed E-state index contributed by atoms with van der Waals surface area (Å²) in [5.74, 6) is -0.174. The van der Waals surface area contributed by atoms with Crippen LogP contribution in [-0.2, 0) is 9.53 Å². The zero-order chi connectivity index (χ0) is 28.2. The van der Waals surface area contributed by atoms with Gasteiger partial charge < -0.3 is 14.4 Å². The fourth-order valence-electron chi connectivity index (χ4n) is 5.74. The average molecular weight is 548 g/mol. The number of halogens is 1. The van der Waals surface area contributed by atoms with Gasteiger partial charge in [-0.15, -0.1) is 0 Å². The summed E-state index contributed by atoms with van der Waals surface area (Å²) in [6, 6.07) is 3.49. The maximum Gasteiger partial charge on any atom is 0.410 e. The molecule has 2 aliphatic heterocycles. The van der Waals surface area contributed by atoms with Gasteiger partial charge in [-0.2, -0.15) is 15.1 Å². The summed E-state index contributed by atoms with van der Waals surface area (Å²) in [6.45, 7) is 8.12. The number of aromatic nitrogens is 5. The predicted molar refractivity (Wildman–Crippen MR) is 146 cm³/mol. The normalized spacial score (nSPS) is 18.9. The number of pyridine rings is 1. The number of aldehydes is 1. The highest BCUT2D eigenvalue weighted by Gasteiger charge is 2.45. The molecule has 0 aliphatic carbocycles. The molecule has 0 saturated carbocycles. The fourth-order valence-corrected chi connectivity index (χ4v) is 5.74.